The van der Waals surface area contributed by atoms with Crippen LogP contribution >= 0.6 is 0 Å². The second-order valence-electron chi connectivity index (χ2n) is 5.51. The van der Waals surface area contributed by atoms with Gasteiger partial charge in [0, 0.05) is 17.8 Å². The van der Waals surface area contributed by atoms with E-state index in [1.807, 2.05) is 6.07 Å². The van der Waals surface area contributed by atoms with E-state index in [9.17, 15) is 4.39 Å². The molecule has 0 spiro atoms. The zero-order chi connectivity index (χ0) is 13.0. The van der Waals surface area contributed by atoms with Gasteiger partial charge in [0.15, 0.2) is 0 Å². The Bertz CT molecular complexity index is 381. The fraction of sp³-hybridized carbons (Fsp3) is 0.667. The zero-order valence-electron chi connectivity index (χ0n) is 11.3. The molecule has 0 aliphatic heterocycles. The molecule has 1 fully saturated rings. The molecule has 100 valence electrons. The number of halogens is 1. The van der Waals surface area contributed by atoms with E-state index in [0.29, 0.717) is 5.92 Å². The van der Waals surface area contributed by atoms with Crippen molar-refractivity contribution in [2.45, 2.75) is 45.6 Å². The minimum Gasteiger partial charge on any atom is -0.310 e. The highest BCUT2D eigenvalue weighted by atomic mass is 19.1. The van der Waals surface area contributed by atoms with Gasteiger partial charge in [-0.1, -0.05) is 20.3 Å². The van der Waals surface area contributed by atoms with Crippen molar-refractivity contribution >= 4 is 0 Å². The third-order valence-electron chi connectivity index (χ3n) is 3.96. The third kappa shape index (κ3) is 3.08. The van der Waals surface area contributed by atoms with E-state index in [1.54, 1.807) is 6.20 Å². The molecule has 1 aromatic rings. The van der Waals surface area contributed by atoms with E-state index in [0.717, 1.165) is 24.4 Å². The number of aromatic nitrogens is 1. The van der Waals surface area contributed by atoms with Crippen LogP contribution in [0.2, 0.25) is 0 Å². The highest BCUT2D eigenvalue weighted by Crippen LogP contribution is 2.39. The van der Waals surface area contributed by atoms with Crippen LogP contribution in [0.4, 0.5) is 4.39 Å². The summed E-state index contributed by atoms with van der Waals surface area (Å²) < 4.78 is 13.9. The van der Waals surface area contributed by atoms with Gasteiger partial charge >= 0.3 is 0 Å². The molecule has 0 amide bonds. The molecule has 2 rings (SSSR count). The van der Waals surface area contributed by atoms with Gasteiger partial charge in [-0.2, -0.15) is 0 Å². The Kier molecular flexibility index (Phi) is 4.70. The maximum atomic E-state index is 13.9. The molecule has 1 saturated carbocycles. The maximum absolute atomic E-state index is 13.9. The van der Waals surface area contributed by atoms with Crippen LogP contribution in [0.3, 0.4) is 0 Å². The number of nitrogens with one attached hydrogen (secondary N) is 1. The summed E-state index contributed by atoms with van der Waals surface area (Å²) in [5.74, 6) is 1.15. The van der Waals surface area contributed by atoms with Gasteiger partial charge in [-0.3, -0.25) is 4.98 Å². The molecule has 0 bridgehead atoms. The highest BCUT2D eigenvalue weighted by molar-refractivity contribution is 5.19. The molecule has 1 heterocycles. The smallest absolute Gasteiger partial charge is 0.146 e. The molecule has 3 atom stereocenters. The molecule has 2 nitrogen and oxygen atoms in total. The lowest BCUT2D eigenvalue weighted by molar-refractivity contribution is 0.349. The molecule has 3 heteroatoms. The molecule has 0 aromatic carbocycles. The largest absolute Gasteiger partial charge is 0.310 e. The summed E-state index contributed by atoms with van der Waals surface area (Å²) in [4.78, 5) is 3.85. The van der Waals surface area contributed by atoms with Gasteiger partial charge in [0.1, 0.15) is 5.82 Å². The van der Waals surface area contributed by atoms with Gasteiger partial charge in [0.05, 0.1) is 6.20 Å². The lowest BCUT2D eigenvalue weighted by Gasteiger charge is -2.25. The number of hydrogen-bond donors (Lipinski definition) is 1. The monoisotopic (exact) mass is 250 g/mol. The molecular weight excluding hydrogens is 227 g/mol. The van der Waals surface area contributed by atoms with Gasteiger partial charge < -0.3 is 5.32 Å². The van der Waals surface area contributed by atoms with Gasteiger partial charge in [0.2, 0.25) is 0 Å². The summed E-state index contributed by atoms with van der Waals surface area (Å²) >= 11 is 0. The van der Waals surface area contributed by atoms with Crippen LogP contribution in [0.5, 0.6) is 0 Å². The summed E-state index contributed by atoms with van der Waals surface area (Å²) in [7, 11) is 0. The highest BCUT2D eigenvalue weighted by Gasteiger charge is 2.30. The molecule has 1 aliphatic rings. The summed E-state index contributed by atoms with van der Waals surface area (Å²) in [6, 6.07) is 1.98. The predicted molar refractivity (Wildman–Crippen MR) is 71.7 cm³/mol. The average molecular weight is 250 g/mol. The van der Waals surface area contributed by atoms with Crippen LogP contribution in [0.15, 0.2) is 18.5 Å². The summed E-state index contributed by atoms with van der Waals surface area (Å²) in [5, 5.41) is 3.52. The van der Waals surface area contributed by atoms with Gasteiger partial charge in [0.25, 0.3) is 0 Å². The lowest BCUT2D eigenvalue weighted by Crippen LogP contribution is -2.28. The predicted octanol–water partition coefficient (Wildman–Crippen LogP) is 3.70. The van der Waals surface area contributed by atoms with Crippen LogP contribution in [-0.4, -0.2) is 11.5 Å². The van der Waals surface area contributed by atoms with Crippen molar-refractivity contribution < 1.29 is 4.39 Å². The van der Waals surface area contributed by atoms with Crippen molar-refractivity contribution in [1.29, 1.82) is 0 Å². The van der Waals surface area contributed by atoms with E-state index in [1.165, 1.54) is 25.5 Å². The van der Waals surface area contributed by atoms with Crippen molar-refractivity contribution in [3.8, 4) is 0 Å². The van der Waals surface area contributed by atoms with Crippen LogP contribution in [0.25, 0.3) is 0 Å². The molecule has 1 aliphatic carbocycles. The summed E-state index contributed by atoms with van der Waals surface area (Å²) in [6.45, 7) is 5.38. The van der Waals surface area contributed by atoms with Gasteiger partial charge in [-0.15, -0.1) is 0 Å². The van der Waals surface area contributed by atoms with E-state index < -0.39 is 0 Å². The van der Waals surface area contributed by atoms with Crippen molar-refractivity contribution in [3.05, 3.63) is 29.8 Å². The fourth-order valence-electron chi connectivity index (χ4n) is 3.02. The number of nitrogens with zero attached hydrogens (tertiary/aromatic N) is 1. The first-order valence-electron chi connectivity index (χ1n) is 7.05. The van der Waals surface area contributed by atoms with E-state index >= 15 is 0 Å². The van der Waals surface area contributed by atoms with Crippen molar-refractivity contribution in [1.82, 2.24) is 10.3 Å². The van der Waals surface area contributed by atoms with E-state index in [4.69, 9.17) is 0 Å². The first-order chi connectivity index (χ1) is 8.72. The number of pyridine rings is 1. The second kappa shape index (κ2) is 6.28. The Morgan fingerprint density at radius 1 is 1.50 bits per heavy atom. The standard InChI is InChI=1S/C15H23FN2/c1-3-7-18-15(12-5-4-11(2)9-12)13-6-8-17-10-14(13)16/h6,8,10-12,15,18H,3-5,7,9H2,1-2H3. The SMILES string of the molecule is CCCNC(c1ccncc1F)C1CCC(C)C1. The third-order valence-corrected chi connectivity index (χ3v) is 3.96. The molecule has 0 radical (unpaired) electrons. The summed E-state index contributed by atoms with van der Waals surface area (Å²) in [6.07, 6.45) is 7.76. The molecule has 3 unspecified atom stereocenters. The molecule has 0 saturated heterocycles. The van der Waals surface area contributed by atoms with Crippen molar-refractivity contribution in [3.63, 3.8) is 0 Å². The first kappa shape index (κ1) is 13.5. The topological polar surface area (TPSA) is 24.9 Å². The Morgan fingerprint density at radius 3 is 2.94 bits per heavy atom. The molecular formula is C15H23FN2. The van der Waals surface area contributed by atoms with Crippen LogP contribution in [0, 0.1) is 17.7 Å². The Balaban J connectivity index is 2.17. The van der Waals surface area contributed by atoms with Crippen molar-refractivity contribution in [2.24, 2.45) is 11.8 Å². The lowest BCUT2D eigenvalue weighted by atomic mass is 9.91. The maximum Gasteiger partial charge on any atom is 0.146 e. The van der Waals surface area contributed by atoms with Crippen LogP contribution in [-0.2, 0) is 0 Å². The van der Waals surface area contributed by atoms with Crippen LogP contribution in [0.1, 0.15) is 51.1 Å². The minimum atomic E-state index is -0.175. The number of hydrogen-bond acceptors (Lipinski definition) is 2. The minimum absolute atomic E-state index is 0.151. The quantitative estimate of drug-likeness (QED) is 0.862. The van der Waals surface area contributed by atoms with E-state index in [-0.39, 0.29) is 11.9 Å². The molecule has 1 N–H and O–H groups in total. The van der Waals surface area contributed by atoms with Gasteiger partial charge in [-0.05, 0) is 43.7 Å². The van der Waals surface area contributed by atoms with Crippen LogP contribution < -0.4 is 5.32 Å². The Morgan fingerprint density at radius 2 is 2.33 bits per heavy atom. The Labute approximate surface area is 109 Å². The molecule has 18 heavy (non-hydrogen) atoms. The summed E-state index contributed by atoms with van der Waals surface area (Å²) in [5.41, 5.74) is 0.789. The first-order valence-corrected chi connectivity index (χ1v) is 7.05. The Hall–Kier alpha value is -0.960. The molecule has 1 aromatic heterocycles. The number of rotatable bonds is 5. The van der Waals surface area contributed by atoms with Crippen molar-refractivity contribution in [2.75, 3.05) is 6.54 Å². The normalized spacial score (nSPS) is 25.3. The van der Waals surface area contributed by atoms with Gasteiger partial charge in [-0.25, -0.2) is 4.39 Å². The van der Waals surface area contributed by atoms with E-state index in [2.05, 4.69) is 24.1 Å². The second-order valence-corrected chi connectivity index (χ2v) is 5.51. The zero-order valence-corrected chi connectivity index (χ0v) is 11.3. The average Bonchev–Trinajstić information content (AvgIpc) is 2.78. The fourth-order valence-corrected chi connectivity index (χ4v) is 3.02.